The zero-order chi connectivity index (χ0) is 17.0. The van der Waals surface area contributed by atoms with Crippen LogP contribution in [0, 0.1) is 0 Å². The Bertz CT molecular complexity index is 765. The van der Waals surface area contributed by atoms with Crippen LogP contribution in [0.3, 0.4) is 0 Å². The summed E-state index contributed by atoms with van der Waals surface area (Å²) < 4.78 is 5.79. The normalized spacial score (nSPS) is 10.4. The van der Waals surface area contributed by atoms with E-state index in [0.29, 0.717) is 0 Å². The fraction of sp³-hybridized carbons (Fsp3) is 0. The minimum atomic E-state index is -2.77. The molecule has 3 radical (unpaired) electrons. The number of rotatable bonds is 4. The molecular weight excluding hydrogens is 409 g/mol. The molecule has 0 aromatic heterocycles. The molecule has 0 aliphatic carbocycles. The molecule has 0 saturated carbocycles. The van der Waals surface area contributed by atoms with E-state index in [2.05, 4.69) is 121 Å². The van der Waals surface area contributed by atoms with E-state index in [0.717, 1.165) is 0 Å². The van der Waals surface area contributed by atoms with Crippen LogP contribution < -0.4 is 29.8 Å². The van der Waals surface area contributed by atoms with Crippen molar-refractivity contribution in [3.8, 4) is 0 Å². The van der Waals surface area contributed by atoms with Gasteiger partial charge in [0.2, 0.25) is 0 Å². The number of hydrogen-bond donors (Lipinski definition) is 0. The van der Waals surface area contributed by atoms with Crippen molar-refractivity contribution in [2.45, 2.75) is 0 Å². The van der Waals surface area contributed by atoms with Crippen molar-refractivity contribution in [3.05, 3.63) is 121 Å². The molecule has 0 aliphatic heterocycles. The zero-order valence-corrected chi connectivity index (χ0v) is 17.6. The maximum atomic E-state index is 2.31. The fourth-order valence-corrected chi connectivity index (χ4v) is 12.5. The molecule has 0 N–H and O–H groups in total. The number of hydrogen-bond acceptors (Lipinski definition) is 0. The molecule has 4 rings (SSSR count). The second-order valence-electron chi connectivity index (χ2n) is 6.01. The third kappa shape index (κ3) is 3.91. The molecule has 131 valence electrons. The predicted molar refractivity (Wildman–Crippen MR) is 116 cm³/mol. The summed E-state index contributed by atoms with van der Waals surface area (Å²) in [4.78, 5) is 0. The first kappa shape index (κ1) is 21.1. The minimum absolute atomic E-state index is 0. The summed E-state index contributed by atoms with van der Waals surface area (Å²) >= 11 is -2.77. The van der Waals surface area contributed by atoms with Gasteiger partial charge in [-0.25, -0.2) is 0 Å². The van der Waals surface area contributed by atoms with Gasteiger partial charge in [-0.3, -0.25) is 0 Å². The van der Waals surface area contributed by atoms with Crippen molar-refractivity contribution >= 4 is 39.4 Å². The quantitative estimate of drug-likeness (QED) is 0.391. The van der Waals surface area contributed by atoms with Crippen LogP contribution in [-0.2, 0) is 0 Å². The van der Waals surface area contributed by atoms with Gasteiger partial charge in [0.1, 0.15) is 0 Å². The van der Waals surface area contributed by atoms with Crippen LogP contribution in [0.2, 0.25) is 0 Å². The van der Waals surface area contributed by atoms with Crippen molar-refractivity contribution in [2.24, 2.45) is 0 Å². The van der Waals surface area contributed by atoms with E-state index >= 15 is 0 Å². The Morgan fingerprint density at radius 1 is 0.333 bits per heavy atom. The first-order chi connectivity index (χ1) is 12.4. The molecule has 0 fully saturated rings. The molecule has 0 aliphatic rings. The van der Waals surface area contributed by atoms with Crippen molar-refractivity contribution in [1.82, 2.24) is 0 Å². The van der Waals surface area contributed by atoms with Crippen molar-refractivity contribution in [3.63, 3.8) is 0 Å². The third-order valence-electron chi connectivity index (χ3n) is 4.57. The van der Waals surface area contributed by atoms with E-state index in [1.807, 2.05) is 0 Å². The van der Waals surface area contributed by atoms with Gasteiger partial charge < -0.3 is 12.4 Å². The Morgan fingerprint density at radius 2 is 0.519 bits per heavy atom. The monoisotopic (exact) mass is 429 g/mol. The Kier molecular flexibility index (Phi) is 7.54. The topological polar surface area (TPSA) is 0 Å². The van der Waals surface area contributed by atoms with Gasteiger partial charge in [0.05, 0.1) is 0 Å². The standard InChI is InChI=1S/C24H20As.B.ClH/c1-5-13-21(14-6-1)25(22-15-7-2-8-16-22,23-17-9-3-10-18-23)24-19-11-4-12-20-24;;/h1-20H;;1H/q+1;;/p-1. The molecular formula is C24H20AsBCl. The molecule has 0 saturated heterocycles. The van der Waals surface area contributed by atoms with Gasteiger partial charge in [0.15, 0.2) is 0 Å². The number of benzene rings is 4. The summed E-state index contributed by atoms with van der Waals surface area (Å²) in [7, 11) is 0. The average molecular weight is 430 g/mol. The number of halogens is 1. The Labute approximate surface area is 172 Å². The summed E-state index contributed by atoms with van der Waals surface area (Å²) in [6.07, 6.45) is 0. The second kappa shape index (κ2) is 9.65. The molecule has 4 aromatic rings. The van der Waals surface area contributed by atoms with Gasteiger partial charge in [-0.1, -0.05) is 0 Å². The second-order valence-corrected chi connectivity index (χ2v) is 13.2. The van der Waals surface area contributed by atoms with Gasteiger partial charge in [0, 0.05) is 8.41 Å². The van der Waals surface area contributed by atoms with Crippen LogP contribution in [0.4, 0.5) is 0 Å². The van der Waals surface area contributed by atoms with Crippen LogP contribution >= 0.6 is 0 Å². The van der Waals surface area contributed by atoms with Gasteiger partial charge >= 0.3 is 152 Å². The molecule has 0 unspecified atom stereocenters. The molecule has 0 amide bonds. The van der Waals surface area contributed by atoms with Gasteiger partial charge in [0.25, 0.3) is 0 Å². The van der Waals surface area contributed by atoms with E-state index < -0.39 is 13.6 Å². The molecule has 0 atom stereocenters. The summed E-state index contributed by atoms with van der Waals surface area (Å²) in [5.74, 6) is 0. The molecule has 0 nitrogen and oxygen atoms in total. The Balaban J connectivity index is 0.00000131. The van der Waals surface area contributed by atoms with Crippen LogP contribution in [0.25, 0.3) is 0 Å². The summed E-state index contributed by atoms with van der Waals surface area (Å²) in [6, 6.07) is 44.2. The van der Waals surface area contributed by atoms with E-state index in [9.17, 15) is 0 Å². The van der Waals surface area contributed by atoms with Crippen LogP contribution in [0.5, 0.6) is 0 Å². The first-order valence-corrected chi connectivity index (χ1v) is 12.3. The van der Waals surface area contributed by atoms with Gasteiger partial charge in [-0.2, -0.15) is 0 Å². The van der Waals surface area contributed by atoms with E-state index in [1.165, 1.54) is 17.4 Å². The van der Waals surface area contributed by atoms with E-state index in [-0.39, 0.29) is 20.8 Å². The van der Waals surface area contributed by atoms with Gasteiger partial charge in [-0.15, -0.1) is 0 Å². The van der Waals surface area contributed by atoms with Crippen LogP contribution in [0.15, 0.2) is 121 Å². The zero-order valence-electron chi connectivity index (χ0n) is 14.9. The Hall–Kier alpha value is -2.21. The molecule has 0 bridgehead atoms. The van der Waals surface area contributed by atoms with E-state index in [4.69, 9.17) is 0 Å². The molecule has 4 aromatic carbocycles. The van der Waals surface area contributed by atoms with Gasteiger partial charge in [-0.05, 0) is 0 Å². The van der Waals surface area contributed by atoms with Crippen LogP contribution in [-0.4, -0.2) is 22.0 Å². The fourth-order valence-electron chi connectivity index (χ4n) is 3.50. The predicted octanol–water partition coefficient (Wildman–Crippen LogP) is -0.313. The van der Waals surface area contributed by atoms with Crippen molar-refractivity contribution < 1.29 is 12.4 Å². The van der Waals surface area contributed by atoms with Crippen molar-refractivity contribution in [2.75, 3.05) is 0 Å². The first-order valence-electron chi connectivity index (χ1n) is 8.54. The summed E-state index contributed by atoms with van der Waals surface area (Å²) in [6.45, 7) is 0. The molecule has 27 heavy (non-hydrogen) atoms. The van der Waals surface area contributed by atoms with Crippen molar-refractivity contribution in [1.29, 1.82) is 0 Å². The SMILES string of the molecule is [B].[Cl-].c1ccc([As+](c2ccccc2)(c2ccccc2)c2ccccc2)cc1. The summed E-state index contributed by atoms with van der Waals surface area (Å²) in [5.41, 5.74) is 0. The third-order valence-corrected chi connectivity index (χ3v) is 13.6. The average Bonchev–Trinajstić information content (AvgIpc) is 2.72. The molecule has 0 heterocycles. The maximum absolute atomic E-state index is 2.77. The molecule has 0 spiro atoms. The molecule has 3 heteroatoms. The Morgan fingerprint density at radius 3 is 0.704 bits per heavy atom. The summed E-state index contributed by atoms with van der Waals surface area (Å²) in [5, 5.41) is 0. The van der Waals surface area contributed by atoms with E-state index in [1.54, 1.807) is 0 Å². The van der Waals surface area contributed by atoms with Crippen LogP contribution in [0.1, 0.15) is 0 Å².